The number of aldehydes is 2. The van der Waals surface area contributed by atoms with Crippen LogP contribution in [0.5, 0.6) is 0 Å². The first-order valence-electron chi connectivity index (χ1n) is 30.9. The molecule has 0 aromatic rings. The van der Waals surface area contributed by atoms with Crippen molar-refractivity contribution in [3.8, 4) is 0 Å². The molecule has 0 aliphatic heterocycles. The second-order valence-corrected chi connectivity index (χ2v) is 18.3. The summed E-state index contributed by atoms with van der Waals surface area (Å²) < 4.78 is 74.7. The van der Waals surface area contributed by atoms with Crippen LogP contribution in [-0.2, 0) is 99.9 Å². The molecule has 0 saturated heterocycles. The topological polar surface area (TPSA) is 344 Å². The molecule has 1 unspecified atom stereocenters. The Bertz CT molecular complexity index is 1560. The van der Waals surface area contributed by atoms with E-state index in [1.807, 2.05) is 39.8 Å². The van der Waals surface area contributed by atoms with Crippen molar-refractivity contribution in [3.05, 3.63) is 24.4 Å². The van der Waals surface area contributed by atoms with Gasteiger partial charge >= 0.3 is 0 Å². The van der Waals surface area contributed by atoms with Gasteiger partial charge in [-0.05, 0) is 52.0 Å². The molecule has 0 bridgehead atoms. The Morgan fingerprint density at radius 2 is 0.933 bits per heavy atom. The highest BCUT2D eigenvalue weighted by atomic mass is 16.7. The van der Waals surface area contributed by atoms with Crippen molar-refractivity contribution in [2.45, 2.75) is 104 Å². The number of ether oxygens (including phenoxy) is 14. The minimum absolute atomic E-state index is 0.0725. The number of carbonyl (C=O) groups excluding carboxylic acids is 7. The van der Waals surface area contributed by atoms with Crippen LogP contribution in [0.4, 0.5) is 0 Å². The van der Waals surface area contributed by atoms with Gasteiger partial charge in [0.25, 0.3) is 0 Å². The van der Waals surface area contributed by atoms with Gasteiger partial charge in [-0.2, -0.15) is 0 Å². The summed E-state index contributed by atoms with van der Waals surface area (Å²) in [6, 6.07) is 0. The third-order valence-electron chi connectivity index (χ3n) is 10.7. The van der Waals surface area contributed by atoms with Crippen LogP contribution in [0.2, 0.25) is 0 Å². The van der Waals surface area contributed by atoms with E-state index in [1.165, 1.54) is 12.0 Å². The van der Waals surface area contributed by atoms with E-state index >= 15 is 0 Å². The maximum Gasteiger partial charge on any atom is 0.246 e. The van der Waals surface area contributed by atoms with E-state index in [4.69, 9.17) is 81.3 Å². The first kappa shape index (κ1) is 96.4. The fourth-order valence-electron chi connectivity index (χ4n) is 5.56. The highest BCUT2D eigenvalue weighted by molar-refractivity contribution is 5.91. The van der Waals surface area contributed by atoms with Gasteiger partial charge in [0, 0.05) is 99.6 Å². The first-order chi connectivity index (χ1) is 43.6. The Morgan fingerprint density at radius 1 is 0.556 bits per heavy atom. The number of aliphatic hydroxyl groups excluding tert-OH is 2. The molecule has 3 atom stereocenters. The van der Waals surface area contributed by atoms with Crippen LogP contribution >= 0.6 is 0 Å². The number of rotatable bonds is 60. The van der Waals surface area contributed by atoms with Gasteiger partial charge < -0.3 is 112 Å². The summed E-state index contributed by atoms with van der Waals surface area (Å²) >= 11 is 0. The van der Waals surface area contributed by atoms with Crippen LogP contribution in [0.15, 0.2) is 24.4 Å². The maximum absolute atomic E-state index is 12.0. The lowest BCUT2D eigenvalue weighted by molar-refractivity contribution is -0.177. The quantitative estimate of drug-likeness (QED) is 0.0218. The lowest BCUT2D eigenvalue weighted by Crippen LogP contribution is -2.33. The number of allylic oxidation sites excluding steroid dienone is 2. The minimum Gasteiger partial charge on any atom is -0.394 e. The molecule has 0 fully saturated rings. The Kier molecular flexibility index (Phi) is 92.6. The first-order valence-corrected chi connectivity index (χ1v) is 30.9. The number of unbranched alkanes of at least 4 members (excludes halogenated alkanes) is 2. The van der Waals surface area contributed by atoms with E-state index in [-0.39, 0.29) is 43.7 Å². The SMILES string of the molecule is C=C(CCC=O)N(C)C.CC.CCCNC=O.CNC=O.COCCOCCOCCOCCOCCOCCOCCOCCOCCOCCOCCOCCC(=O)NCCCCCNC(=O)CCN(C)C(=O)/C=C\C=O.CO[C@H](C)OC(CO)[C@H](C)O. The van der Waals surface area contributed by atoms with E-state index in [0.29, 0.717) is 191 Å². The number of aliphatic hydroxyl groups is 2. The van der Waals surface area contributed by atoms with E-state index in [9.17, 15) is 28.8 Å². The fourth-order valence-corrected chi connectivity index (χ4v) is 5.56. The second-order valence-electron chi connectivity index (χ2n) is 18.3. The summed E-state index contributed by atoms with van der Waals surface area (Å²) in [5.41, 5.74) is 1.00. The fraction of sp³-hybridized carbons (Fsp3) is 0.820. The van der Waals surface area contributed by atoms with Crippen LogP contribution in [0.25, 0.3) is 0 Å². The molecule has 0 radical (unpaired) electrons. The van der Waals surface area contributed by atoms with E-state index in [0.717, 1.165) is 62.8 Å². The highest BCUT2D eigenvalue weighted by Crippen LogP contribution is 2.04. The van der Waals surface area contributed by atoms with Gasteiger partial charge in [0.1, 0.15) is 18.7 Å². The summed E-state index contributed by atoms with van der Waals surface area (Å²) in [7, 11) is 10.1. The molecule has 0 spiro atoms. The van der Waals surface area contributed by atoms with Gasteiger partial charge in [-0.25, -0.2) is 0 Å². The molecular formula is C61H122N6O23. The lowest BCUT2D eigenvalue weighted by Gasteiger charge is -2.21. The van der Waals surface area contributed by atoms with Gasteiger partial charge in [-0.3, -0.25) is 28.8 Å². The lowest BCUT2D eigenvalue weighted by atomic mass is 10.2. The van der Waals surface area contributed by atoms with Gasteiger partial charge in [-0.1, -0.05) is 27.4 Å². The van der Waals surface area contributed by atoms with E-state index in [1.54, 1.807) is 35.1 Å². The van der Waals surface area contributed by atoms with Crippen LogP contribution in [0.3, 0.4) is 0 Å². The number of methoxy groups -OCH3 is 2. The predicted octanol–water partition coefficient (Wildman–Crippen LogP) is 1.52. The summed E-state index contributed by atoms with van der Waals surface area (Å²) in [5, 5.41) is 28.2. The molecule has 534 valence electrons. The Labute approximate surface area is 538 Å². The molecule has 0 aromatic heterocycles. The molecule has 0 aliphatic carbocycles. The standard InChI is InChI=1S/C39H73N3O16.C7H13NO.C7H16O4.C4H9NO.C2H5NO.C2H6/c1-42(39(46)7-6-13-43)12-8-37(44)40-10-4-3-5-11-41-38(45)9-14-48-17-18-50-21-22-52-25-26-54-29-30-56-33-34-58-36-35-57-32-31-55-28-27-53-24-23-51-20-19-49-16-15-47-2;1-7(8(2)3)5-4-6-9;1-5(9)7(4-8)11-6(2)10-3;1-2-3-5-4-6;1-3-2-4;1-2/h6-7,13H,3-5,8-12,14-36H2,1-2H3,(H,40,44)(H,41,45);6H,1,4-5H2,2-3H3;5-9H,4H2,1-3H3;4H,2-3H2,1H3,(H,5,6);2H,1H3,(H,3,4);1-2H3/b7-6-;;;;;/t;;5-,6-,7?;;;/m..0.../s1. The average molecular weight is 1310 g/mol. The summed E-state index contributed by atoms with van der Waals surface area (Å²) in [6.07, 6.45) is 8.68. The Morgan fingerprint density at radius 3 is 1.22 bits per heavy atom. The number of hydrogen-bond acceptors (Lipinski definition) is 24. The van der Waals surface area contributed by atoms with Crippen molar-refractivity contribution in [2.24, 2.45) is 0 Å². The number of carbonyl (C=O) groups is 7. The summed E-state index contributed by atoms with van der Waals surface area (Å²) in [4.78, 5) is 77.5. The third kappa shape index (κ3) is 89.8. The molecule has 0 heterocycles. The molecule has 6 N–H and O–H groups in total. The second kappa shape index (κ2) is 86.4. The molecule has 0 aromatic carbocycles. The van der Waals surface area contributed by atoms with Crippen molar-refractivity contribution in [3.63, 3.8) is 0 Å². The van der Waals surface area contributed by atoms with Crippen molar-refractivity contribution in [1.29, 1.82) is 0 Å². The van der Waals surface area contributed by atoms with Gasteiger partial charge in [0.2, 0.25) is 30.5 Å². The Balaban J connectivity index is -0.000000444. The smallest absolute Gasteiger partial charge is 0.246 e. The molecule has 0 rings (SSSR count). The number of hydrogen-bond donors (Lipinski definition) is 6. The number of nitrogens with zero attached hydrogens (tertiary/aromatic N) is 2. The normalized spacial score (nSPS) is 11.3. The van der Waals surface area contributed by atoms with Gasteiger partial charge in [0.15, 0.2) is 6.29 Å². The van der Waals surface area contributed by atoms with Crippen molar-refractivity contribution in [1.82, 2.24) is 31.1 Å². The zero-order valence-electron chi connectivity index (χ0n) is 56.7. The number of amides is 5. The van der Waals surface area contributed by atoms with Crippen LogP contribution < -0.4 is 21.3 Å². The minimum atomic E-state index is -0.683. The number of likely N-dealkylation sites (N-methyl/N-ethyl adjacent to an activating group) is 1. The number of nitrogens with one attached hydrogen (secondary N) is 4. The Hall–Kier alpha value is -4.67. The van der Waals surface area contributed by atoms with Gasteiger partial charge in [0.05, 0.1) is 165 Å². The monoisotopic (exact) mass is 1310 g/mol. The maximum atomic E-state index is 12.0. The van der Waals surface area contributed by atoms with Crippen LogP contribution in [0, 0.1) is 0 Å². The van der Waals surface area contributed by atoms with E-state index < -0.39 is 18.5 Å². The molecule has 90 heavy (non-hydrogen) atoms. The average Bonchev–Trinajstić information content (AvgIpc) is 3.69. The zero-order valence-corrected chi connectivity index (χ0v) is 56.7. The van der Waals surface area contributed by atoms with Crippen molar-refractivity contribution < 1.29 is 110 Å². The van der Waals surface area contributed by atoms with Crippen molar-refractivity contribution >= 4 is 43.1 Å². The molecule has 29 heteroatoms. The molecule has 5 amide bonds. The molecular weight excluding hydrogens is 1180 g/mol. The van der Waals surface area contributed by atoms with Crippen LogP contribution in [0.1, 0.15) is 86.0 Å². The summed E-state index contributed by atoms with van der Waals surface area (Å²) in [5.74, 6) is -0.544. The third-order valence-corrected chi connectivity index (χ3v) is 10.7. The van der Waals surface area contributed by atoms with Crippen molar-refractivity contribution in [2.75, 3.05) is 227 Å². The van der Waals surface area contributed by atoms with Gasteiger partial charge in [-0.15, -0.1) is 0 Å². The molecule has 29 nitrogen and oxygen atoms in total. The highest BCUT2D eigenvalue weighted by Gasteiger charge is 2.17. The largest absolute Gasteiger partial charge is 0.394 e. The summed E-state index contributed by atoms with van der Waals surface area (Å²) in [6.45, 7) is 26.1. The molecule has 0 saturated carbocycles. The molecule has 0 aliphatic rings. The predicted molar refractivity (Wildman–Crippen MR) is 342 cm³/mol. The van der Waals surface area contributed by atoms with Crippen LogP contribution in [-0.4, -0.2) is 309 Å². The van der Waals surface area contributed by atoms with E-state index in [2.05, 4.69) is 27.8 Å². The zero-order chi connectivity index (χ0) is 68.6.